The standard InChI is InChI=1S/C25H22N2O3/c1-2-29-23-14-10-22(11-15-23)27-25(28)21(17-26)16-19-8-12-24(13-9-19)30-18-20-6-4-3-5-7-20/h3-16H,2,18H2,1H3,(H,27,28)/b21-16-. The lowest BCUT2D eigenvalue weighted by atomic mass is 10.1. The van der Waals surface area contributed by atoms with Crippen LogP contribution in [0.2, 0.25) is 0 Å². The molecule has 0 spiro atoms. The van der Waals surface area contributed by atoms with Crippen molar-refractivity contribution in [2.75, 3.05) is 11.9 Å². The zero-order valence-corrected chi connectivity index (χ0v) is 16.7. The van der Waals surface area contributed by atoms with Crippen LogP contribution in [-0.2, 0) is 11.4 Å². The molecule has 30 heavy (non-hydrogen) atoms. The van der Waals surface area contributed by atoms with Gasteiger partial charge >= 0.3 is 0 Å². The van der Waals surface area contributed by atoms with Crippen LogP contribution >= 0.6 is 0 Å². The summed E-state index contributed by atoms with van der Waals surface area (Å²) in [5.74, 6) is 0.973. The van der Waals surface area contributed by atoms with Crippen LogP contribution in [0, 0.1) is 11.3 Å². The van der Waals surface area contributed by atoms with Crippen LogP contribution in [0.3, 0.4) is 0 Å². The maximum atomic E-state index is 12.4. The monoisotopic (exact) mass is 398 g/mol. The predicted molar refractivity (Wildman–Crippen MR) is 117 cm³/mol. The normalized spacial score (nSPS) is 10.7. The average Bonchev–Trinajstić information content (AvgIpc) is 2.79. The van der Waals surface area contributed by atoms with Gasteiger partial charge in [-0.1, -0.05) is 42.5 Å². The van der Waals surface area contributed by atoms with Gasteiger partial charge in [0.25, 0.3) is 5.91 Å². The second-order valence-electron chi connectivity index (χ2n) is 6.42. The van der Waals surface area contributed by atoms with E-state index in [9.17, 15) is 10.1 Å². The van der Waals surface area contributed by atoms with Crippen LogP contribution in [0.1, 0.15) is 18.1 Å². The van der Waals surface area contributed by atoms with Crippen molar-refractivity contribution in [2.24, 2.45) is 0 Å². The number of amides is 1. The van der Waals surface area contributed by atoms with Crippen molar-refractivity contribution in [3.63, 3.8) is 0 Å². The van der Waals surface area contributed by atoms with Crippen molar-refractivity contribution in [3.8, 4) is 17.6 Å². The van der Waals surface area contributed by atoms with E-state index in [0.29, 0.717) is 24.7 Å². The van der Waals surface area contributed by atoms with Gasteiger partial charge in [0.2, 0.25) is 0 Å². The number of hydrogen-bond acceptors (Lipinski definition) is 4. The molecule has 0 saturated heterocycles. The van der Waals surface area contributed by atoms with Crippen LogP contribution in [0.4, 0.5) is 5.69 Å². The molecular formula is C25H22N2O3. The molecule has 0 fully saturated rings. The van der Waals surface area contributed by atoms with Crippen LogP contribution in [-0.4, -0.2) is 12.5 Å². The average molecular weight is 398 g/mol. The summed E-state index contributed by atoms with van der Waals surface area (Å²) in [4.78, 5) is 12.4. The molecule has 0 bridgehead atoms. The lowest BCUT2D eigenvalue weighted by Gasteiger charge is -2.07. The van der Waals surface area contributed by atoms with Gasteiger partial charge in [-0.05, 0) is 60.5 Å². The maximum absolute atomic E-state index is 12.4. The van der Waals surface area contributed by atoms with Gasteiger partial charge < -0.3 is 14.8 Å². The lowest BCUT2D eigenvalue weighted by molar-refractivity contribution is -0.112. The zero-order chi connectivity index (χ0) is 21.2. The Morgan fingerprint density at radius 2 is 1.57 bits per heavy atom. The van der Waals surface area contributed by atoms with Crippen molar-refractivity contribution in [1.29, 1.82) is 5.26 Å². The molecule has 0 aromatic heterocycles. The predicted octanol–water partition coefficient (Wildman–Crippen LogP) is 5.21. The summed E-state index contributed by atoms with van der Waals surface area (Å²) in [6.45, 7) is 2.95. The molecule has 1 amide bonds. The Labute approximate surface area is 176 Å². The molecule has 5 nitrogen and oxygen atoms in total. The van der Waals surface area contributed by atoms with E-state index in [-0.39, 0.29) is 5.57 Å². The van der Waals surface area contributed by atoms with E-state index in [1.54, 1.807) is 30.3 Å². The molecule has 3 aromatic rings. The molecule has 3 rings (SSSR count). The molecule has 5 heteroatoms. The Hall–Kier alpha value is -4.04. The van der Waals surface area contributed by atoms with Gasteiger partial charge in [0.15, 0.2) is 0 Å². The minimum Gasteiger partial charge on any atom is -0.494 e. The van der Waals surface area contributed by atoms with E-state index in [0.717, 1.165) is 16.9 Å². The third-order valence-electron chi connectivity index (χ3n) is 4.23. The molecule has 0 aliphatic carbocycles. The molecule has 0 saturated carbocycles. The molecule has 0 heterocycles. The van der Waals surface area contributed by atoms with Gasteiger partial charge in [-0.15, -0.1) is 0 Å². The number of ether oxygens (including phenoxy) is 2. The highest BCUT2D eigenvalue weighted by Gasteiger charge is 2.10. The third-order valence-corrected chi connectivity index (χ3v) is 4.23. The van der Waals surface area contributed by atoms with Crippen LogP contribution in [0.15, 0.2) is 84.4 Å². The summed E-state index contributed by atoms with van der Waals surface area (Å²) < 4.78 is 11.1. The lowest BCUT2D eigenvalue weighted by Crippen LogP contribution is -2.13. The van der Waals surface area contributed by atoms with Crippen molar-refractivity contribution < 1.29 is 14.3 Å². The second kappa shape index (κ2) is 10.5. The highest BCUT2D eigenvalue weighted by Crippen LogP contribution is 2.18. The fourth-order valence-corrected chi connectivity index (χ4v) is 2.72. The molecule has 0 unspecified atom stereocenters. The Balaban J connectivity index is 1.61. The fourth-order valence-electron chi connectivity index (χ4n) is 2.72. The largest absolute Gasteiger partial charge is 0.494 e. The SMILES string of the molecule is CCOc1ccc(NC(=O)/C(C#N)=C\c2ccc(OCc3ccccc3)cc2)cc1. The Kier molecular flexibility index (Phi) is 7.23. The topological polar surface area (TPSA) is 71.3 Å². The summed E-state index contributed by atoms with van der Waals surface area (Å²) in [5.41, 5.74) is 2.43. The number of benzene rings is 3. The summed E-state index contributed by atoms with van der Waals surface area (Å²) in [7, 11) is 0. The minimum atomic E-state index is -0.467. The smallest absolute Gasteiger partial charge is 0.266 e. The van der Waals surface area contributed by atoms with Crippen LogP contribution < -0.4 is 14.8 Å². The highest BCUT2D eigenvalue weighted by atomic mass is 16.5. The first-order valence-electron chi connectivity index (χ1n) is 9.60. The number of nitrogens with zero attached hydrogens (tertiary/aromatic N) is 1. The van der Waals surface area contributed by atoms with Crippen molar-refractivity contribution in [3.05, 3.63) is 95.6 Å². The molecule has 0 radical (unpaired) electrons. The number of nitrogens with one attached hydrogen (secondary N) is 1. The van der Waals surface area contributed by atoms with Gasteiger partial charge in [-0.25, -0.2) is 0 Å². The number of carbonyl (C=O) groups is 1. The van der Waals surface area contributed by atoms with E-state index >= 15 is 0 Å². The molecule has 0 aliphatic heterocycles. The van der Waals surface area contributed by atoms with E-state index in [4.69, 9.17) is 9.47 Å². The Morgan fingerprint density at radius 1 is 0.933 bits per heavy atom. The zero-order valence-electron chi connectivity index (χ0n) is 16.7. The first-order valence-corrected chi connectivity index (χ1v) is 9.60. The van der Waals surface area contributed by atoms with Gasteiger partial charge in [0.05, 0.1) is 6.61 Å². The maximum Gasteiger partial charge on any atom is 0.266 e. The first kappa shape index (κ1) is 20.7. The number of hydrogen-bond donors (Lipinski definition) is 1. The number of anilines is 1. The summed E-state index contributed by atoms with van der Waals surface area (Å²) in [5, 5.41) is 12.1. The fraction of sp³-hybridized carbons (Fsp3) is 0.120. The summed E-state index contributed by atoms with van der Waals surface area (Å²) in [6.07, 6.45) is 1.55. The van der Waals surface area contributed by atoms with Crippen LogP contribution in [0.5, 0.6) is 11.5 Å². The van der Waals surface area contributed by atoms with E-state index in [1.165, 1.54) is 0 Å². The highest BCUT2D eigenvalue weighted by molar-refractivity contribution is 6.09. The van der Waals surface area contributed by atoms with Crippen LogP contribution in [0.25, 0.3) is 6.08 Å². The Morgan fingerprint density at radius 3 is 2.20 bits per heavy atom. The van der Waals surface area contributed by atoms with Crippen molar-refractivity contribution >= 4 is 17.7 Å². The summed E-state index contributed by atoms with van der Waals surface area (Å²) >= 11 is 0. The minimum absolute atomic E-state index is 0.0156. The second-order valence-corrected chi connectivity index (χ2v) is 6.42. The third kappa shape index (κ3) is 5.98. The van der Waals surface area contributed by atoms with Gasteiger partial charge in [0, 0.05) is 5.69 Å². The number of rotatable bonds is 8. The molecule has 0 atom stereocenters. The van der Waals surface area contributed by atoms with Gasteiger partial charge in [-0.2, -0.15) is 5.26 Å². The number of nitriles is 1. The molecule has 1 N–H and O–H groups in total. The first-order chi connectivity index (χ1) is 14.7. The number of carbonyl (C=O) groups excluding carboxylic acids is 1. The molecule has 150 valence electrons. The molecule has 3 aromatic carbocycles. The quantitative estimate of drug-likeness (QED) is 0.418. The molecular weight excluding hydrogens is 376 g/mol. The van der Waals surface area contributed by atoms with E-state index in [2.05, 4.69) is 5.32 Å². The van der Waals surface area contributed by atoms with Gasteiger partial charge in [0.1, 0.15) is 29.7 Å². The van der Waals surface area contributed by atoms with E-state index < -0.39 is 5.91 Å². The Bertz CT molecular complexity index is 1030. The van der Waals surface area contributed by atoms with Crippen molar-refractivity contribution in [2.45, 2.75) is 13.5 Å². The summed E-state index contributed by atoms with van der Waals surface area (Å²) in [6, 6.07) is 26.1. The van der Waals surface area contributed by atoms with E-state index in [1.807, 2.05) is 67.6 Å². The molecule has 0 aliphatic rings. The van der Waals surface area contributed by atoms with Crippen molar-refractivity contribution in [1.82, 2.24) is 0 Å². The van der Waals surface area contributed by atoms with Gasteiger partial charge in [-0.3, -0.25) is 4.79 Å².